The minimum absolute atomic E-state index is 0.0714. The summed E-state index contributed by atoms with van der Waals surface area (Å²) in [6.07, 6.45) is 21.3. The highest BCUT2D eigenvalue weighted by molar-refractivity contribution is 7.47. The second-order valence-corrected chi connectivity index (χ2v) is 15.8. The van der Waals surface area contributed by atoms with E-state index in [0.717, 1.165) is 12.8 Å². The number of phosphoric acid groups is 1. The first kappa shape index (κ1) is 43.8. The van der Waals surface area contributed by atoms with E-state index in [2.05, 4.69) is 23.1 Å². The van der Waals surface area contributed by atoms with Gasteiger partial charge in [0.2, 0.25) is 0 Å². The molecule has 0 amide bonds. The molecule has 0 aliphatic carbocycles. The van der Waals surface area contributed by atoms with Gasteiger partial charge in [0.05, 0.1) is 38.2 Å². The van der Waals surface area contributed by atoms with E-state index >= 15 is 0 Å². The predicted octanol–water partition coefficient (Wildman–Crippen LogP) is 9.35. The van der Waals surface area contributed by atoms with Crippen LogP contribution in [-0.4, -0.2) is 58.1 Å². The van der Waals surface area contributed by atoms with Crippen LogP contribution in [0.15, 0.2) is 42.7 Å². The molecule has 54 heavy (non-hydrogen) atoms. The van der Waals surface area contributed by atoms with Gasteiger partial charge in [0.1, 0.15) is 29.8 Å². The Bertz CT molecular complexity index is 1610. The molecule has 0 saturated carbocycles. The molecular formula is C40H61FN5O7P. The number of nitrogens with zero attached hydrogens (tertiary/aromatic N) is 4. The first-order chi connectivity index (χ1) is 26.2. The normalized spacial score (nSPS) is 18.9. The lowest BCUT2D eigenvalue weighted by Gasteiger charge is -2.23. The maximum absolute atomic E-state index is 13.7. The largest absolute Gasteiger partial charge is 0.472 e. The fourth-order valence-electron chi connectivity index (χ4n) is 6.81. The number of fused-ring (bicyclic) bond motifs is 1. The molecule has 14 heteroatoms. The van der Waals surface area contributed by atoms with Crippen molar-refractivity contribution in [3.05, 3.63) is 59.8 Å². The molecule has 12 nitrogen and oxygen atoms in total. The average molecular weight is 774 g/mol. The fourth-order valence-corrected chi connectivity index (χ4v) is 7.60. The van der Waals surface area contributed by atoms with Gasteiger partial charge in [-0.3, -0.25) is 9.05 Å². The summed E-state index contributed by atoms with van der Waals surface area (Å²) < 4.78 is 56.7. The molecule has 1 aromatic carbocycles. The summed E-state index contributed by atoms with van der Waals surface area (Å²) in [5.74, 6) is -0.113. The lowest BCUT2D eigenvalue weighted by Crippen LogP contribution is -2.28. The Morgan fingerprint density at radius 3 is 2.31 bits per heavy atom. The van der Waals surface area contributed by atoms with Crippen molar-refractivity contribution in [2.45, 2.75) is 147 Å². The van der Waals surface area contributed by atoms with Crippen molar-refractivity contribution in [2.75, 3.05) is 32.2 Å². The number of unbranched alkanes of at least 4 members (excludes halogenated alkanes) is 15. The van der Waals surface area contributed by atoms with Gasteiger partial charge in [-0.1, -0.05) is 115 Å². The minimum Gasteiger partial charge on any atom is -0.382 e. The van der Waals surface area contributed by atoms with Crippen molar-refractivity contribution < 1.29 is 37.1 Å². The molecule has 0 spiro atoms. The summed E-state index contributed by atoms with van der Waals surface area (Å²) in [5, 5.41) is 14.3. The van der Waals surface area contributed by atoms with Crippen LogP contribution >= 0.6 is 7.82 Å². The number of phosphoric ester groups is 1. The molecule has 300 valence electrons. The monoisotopic (exact) mass is 773 g/mol. The molecule has 1 unspecified atom stereocenters. The number of benzene rings is 1. The number of rotatable bonds is 29. The van der Waals surface area contributed by atoms with E-state index < -0.39 is 25.6 Å². The summed E-state index contributed by atoms with van der Waals surface area (Å²) in [4.78, 5) is 14.5. The second kappa shape index (κ2) is 23.9. The maximum atomic E-state index is 13.7. The minimum atomic E-state index is -4.54. The standard InChI is InChI=1S/C40H61FN5O7P/c1-2-3-4-5-6-7-8-9-10-11-12-13-14-15-16-17-25-49-28-36(50-27-33-19-18-20-34(41)26-33)30-52-54(47,48)51-29-35-23-24-40(31-42,53-35)38-22-21-37-39(43)44-32-45-46(37)38/h18-22,26,32,35-36H,2-17,23-25,27-30H2,1H3,(H,47,48)(H2,43,44,45)/t35-,36+,40-/m0/s1. The van der Waals surface area contributed by atoms with Crippen LogP contribution in [-0.2, 0) is 40.0 Å². The van der Waals surface area contributed by atoms with Crippen molar-refractivity contribution in [2.24, 2.45) is 0 Å². The number of hydrogen-bond acceptors (Lipinski definition) is 10. The Hall–Kier alpha value is -2.95. The number of nitrogen functional groups attached to an aromatic ring is 1. The maximum Gasteiger partial charge on any atom is 0.472 e. The van der Waals surface area contributed by atoms with Crippen LogP contribution in [0.4, 0.5) is 10.2 Å². The zero-order valence-electron chi connectivity index (χ0n) is 32.0. The molecule has 1 aliphatic rings. The van der Waals surface area contributed by atoms with Crippen molar-refractivity contribution in [3.63, 3.8) is 0 Å². The number of aromatic nitrogens is 3. The summed E-state index contributed by atoms with van der Waals surface area (Å²) in [5.41, 5.74) is 6.25. The Morgan fingerprint density at radius 2 is 1.67 bits per heavy atom. The molecule has 4 atom stereocenters. The third-order valence-corrected chi connectivity index (χ3v) is 10.9. The highest BCUT2D eigenvalue weighted by atomic mass is 31.2. The van der Waals surface area contributed by atoms with Crippen LogP contribution < -0.4 is 5.73 Å². The molecule has 1 saturated heterocycles. The van der Waals surface area contributed by atoms with Gasteiger partial charge in [0, 0.05) is 6.61 Å². The van der Waals surface area contributed by atoms with E-state index in [-0.39, 0.29) is 38.1 Å². The molecule has 4 rings (SSSR count). The lowest BCUT2D eigenvalue weighted by molar-refractivity contribution is -0.0560. The molecule has 1 aliphatic heterocycles. The highest BCUT2D eigenvalue weighted by Gasteiger charge is 2.45. The van der Waals surface area contributed by atoms with Crippen LogP contribution in [0.2, 0.25) is 0 Å². The van der Waals surface area contributed by atoms with Crippen molar-refractivity contribution in [3.8, 4) is 6.07 Å². The van der Waals surface area contributed by atoms with Gasteiger partial charge in [0.15, 0.2) is 11.4 Å². The van der Waals surface area contributed by atoms with Gasteiger partial charge in [-0.15, -0.1) is 0 Å². The quantitative estimate of drug-likeness (QED) is 0.0510. The Balaban J connectivity index is 1.12. The van der Waals surface area contributed by atoms with E-state index in [0.29, 0.717) is 36.2 Å². The Morgan fingerprint density at radius 1 is 1.00 bits per heavy atom. The van der Waals surface area contributed by atoms with E-state index in [9.17, 15) is 19.1 Å². The lowest BCUT2D eigenvalue weighted by atomic mass is 9.98. The molecule has 1 fully saturated rings. The van der Waals surface area contributed by atoms with Crippen LogP contribution in [0.25, 0.3) is 5.52 Å². The van der Waals surface area contributed by atoms with E-state index in [1.54, 1.807) is 24.3 Å². The summed E-state index contributed by atoms with van der Waals surface area (Å²) in [6, 6.07) is 11.7. The predicted molar refractivity (Wildman–Crippen MR) is 206 cm³/mol. The average Bonchev–Trinajstić information content (AvgIpc) is 3.80. The van der Waals surface area contributed by atoms with E-state index in [4.69, 9.17) is 29.0 Å². The van der Waals surface area contributed by atoms with Gasteiger partial charge in [-0.25, -0.2) is 18.5 Å². The molecule has 3 N–H and O–H groups in total. The van der Waals surface area contributed by atoms with Gasteiger partial charge in [-0.2, -0.15) is 10.4 Å². The SMILES string of the molecule is CCCCCCCCCCCCCCCCCCOC[C@H](COP(=O)(O)OC[C@@H]1CC[C@](C#N)(c2ccc3c(N)ncnn23)O1)OCc1cccc(F)c1. The van der Waals surface area contributed by atoms with Gasteiger partial charge in [0.25, 0.3) is 0 Å². The number of anilines is 1. The van der Waals surface area contributed by atoms with Gasteiger partial charge >= 0.3 is 7.82 Å². The summed E-state index contributed by atoms with van der Waals surface area (Å²) in [7, 11) is -4.54. The number of nitrogens with two attached hydrogens (primary N) is 1. The second-order valence-electron chi connectivity index (χ2n) is 14.4. The first-order valence-electron chi connectivity index (χ1n) is 20.0. The molecule has 2 aromatic heterocycles. The van der Waals surface area contributed by atoms with Crippen LogP contribution in [0.3, 0.4) is 0 Å². The van der Waals surface area contributed by atoms with Crippen LogP contribution in [0.5, 0.6) is 0 Å². The molecule has 3 aromatic rings. The number of halogens is 1. The molecule has 3 heterocycles. The van der Waals surface area contributed by atoms with E-state index in [1.807, 2.05) is 0 Å². The number of hydrogen-bond donors (Lipinski definition) is 2. The summed E-state index contributed by atoms with van der Waals surface area (Å²) in [6.45, 7) is 2.43. The van der Waals surface area contributed by atoms with Crippen LogP contribution in [0.1, 0.15) is 134 Å². The molecule has 0 bridgehead atoms. The molecular weight excluding hydrogens is 712 g/mol. The highest BCUT2D eigenvalue weighted by Crippen LogP contribution is 2.46. The Kier molecular flexibility index (Phi) is 19.3. The first-order valence-corrected chi connectivity index (χ1v) is 21.5. The van der Waals surface area contributed by atoms with Crippen molar-refractivity contribution in [1.82, 2.24) is 14.6 Å². The smallest absolute Gasteiger partial charge is 0.382 e. The third kappa shape index (κ3) is 14.9. The van der Waals surface area contributed by atoms with Gasteiger partial charge in [-0.05, 0) is 49.1 Å². The number of nitriles is 1. The van der Waals surface area contributed by atoms with Crippen molar-refractivity contribution >= 4 is 19.2 Å². The van der Waals surface area contributed by atoms with Gasteiger partial charge < -0.3 is 24.8 Å². The van der Waals surface area contributed by atoms with Crippen molar-refractivity contribution in [1.29, 1.82) is 5.26 Å². The topological polar surface area (TPSA) is 163 Å². The Labute approximate surface area is 320 Å². The number of ether oxygens (including phenoxy) is 3. The van der Waals surface area contributed by atoms with Crippen LogP contribution in [0, 0.1) is 17.1 Å². The third-order valence-electron chi connectivity index (χ3n) is 9.93. The zero-order chi connectivity index (χ0) is 38.5. The molecule has 0 radical (unpaired) electrons. The van der Waals surface area contributed by atoms with E-state index in [1.165, 1.54) is 113 Å². The fraction of sp³-hybridized carbons (Fsp3) is 0.675. The zero-order valence-corrected chi connectivity index (χ0v) is 32.9. The summed E-state index contributed by atoms with van der Waals surface area (Å²) >= 11 is 0.